The first-order valence-corrected chi connectivity index (χ1v) is 10.1. The molecule has 0 spiro atoms. The molecule has 5 atom stereocenters. The molecule has 9 heteroatoms. The SMILES string of the molecule is O=C(CO)N(CC(F)F)CC12C=C3C4C(c5cc(-c6c(F)cccc6F)nnc51)C4C32. The van der Waals surface area contributed by atoms with Crippen molar-refractivity contribution in [3.8, 4) is 11.3 Å². The molecule has 1 N–H and O–H groups in total. The summed E-state index contributed by atoms with van der Waals surface area (Å²) >= 11 is 0. The number of aliphatic hydroxyl groups excluding tert-OH is 1. The quantitative estimate of drug-likeness (QED) is 0.564. The molecule has 4 aliphatic carbocycles. The molecule has 5 nitrogen and oxygen atoms in total. The number of fused-ring (bicyclic) bond motifs is 5. The van der Waals surface area contributed by atoms with Crippen LogP contribution in [0.2, 0.25) is 0 Å². The molecule has 0 bridgehead atoms. The molecule has 1 aromatic carbocycles. The molecule has 4 aliphatic rings. The zero-order valence-corrected chi connectivity index (χ0v) is 16.1. The van der Waals surface area contributed by atoms with Crippen molar-refractivity contribution in [3.05, 3.63) is 58.8 Å². The number of carbonyl (C=O) groups excluding carboxylic acids is 1. The van der Waals surface area contributed by atoms with Gasteiger partial charge in [-0.2, -0.15) is 5.10 Å². The van der Waals surface area contributed by atoms with Crippen molar-refractivity contribution in [3.63, 3.8) is 0 Å². The molecular weight excluding hydrogens is 414 g/mol. The summed E-state index contributed by atoms with van der Waals surface area (Å²) in [6, 6.07) is 5.24. The molecule has 160 valence electrons. The zero-order valence-electron chi connectivity index (χ0n) is 16.1. The van der Waals surface area contributed by atoms with Gasteiger partial charge >= 0.3 is 0 Å². The van der Waals surface area contributed by atoms with Gasteiger partial charge in [-0.15, -0.1) is 5.10 Å². The van der Waals surface area contributed by atoms with Gasteiger partial charge in [0, 0.05) is 12.5 Å². The van der Waals surface area contributed by atoms with E-state index in [-0.39, 0.29) is 29.6 Å². The molecule has 2 fully saturated rings. The average Bonchev–Trinajstić information content (AvgIpc) is 3.40. The minimum atomic E-state index is -2.74. The van der Waals surface area contributed by atoms with E-state index in [0.717, 1.165) is 22.6 Å². The maximum absolute atomic E-state index is 14.3. The Hall–Kier alpha value is -2.81. The largest absolute Gasteiger partial charge is 0.387 e. The Bertz CT molecular complexity index is 1150. The lowest BCUT2D eigenvalue weighted by molar-refractivity contribution is -0.137. The van der Waals surface area contributed by atoms with Gasteiger partial charge in [0.1, 0.15) is 18.2 Å². The number of hydrogen-bond acceptors (Lipinski definition) is 4. The second kappa shape index (κ2) is 6.12. The molecular formula is C22H17F4N3O2. The lowest BCUT2D eigenvalue weighted by atomic mass is 9.50. The van der Waals surface area contributed by atoms with Crippen molar-refractivity contribution in [1.82, 2.24) is 15.1 Å². The predicted molar refractivity (Wildman–Crippen MR) is 100 cm³/mol. The van der Waals surface area contributed by atoms with Gasteiger partial charge in [-0.05, 0) is 41.5 Å². The van der Waals surface area contributed by atoms with Crippen molar-refractivity contribution in [2.45, 2.75) is 17.8 Å². The molecule has 2 saturated carbocycles. The standard InChI is InChI=1S/C22H17F4N3O2/c23-11-2-1-3-12(24)18(11)13-4-9-16-17-10-5-22(20(10)19(16)17,21(9)28-27-13)8-29(6-14(25)26)15(31)7-30/h1-5,14,16-17,19-20,30H,6-8H2. The van der Waals surface area contributed by atoms with Gasteiger partial charge in [-0.3, -0.25) is 4.79 Å². The summed E-state index contributed by atoms with van der Waals surface area (Å²) in [5.74, 6) is -1.27. The molecule has 1 heterocycles. The first-order chi connectivity index (χ1) is 14.9. The van der Waals surface area contributed by atoms with E-state index >= 15 is 0 Å². The maximum Gasteiger partial charge on any atom is 0.255 e. The van der Waals surface area contributed by atoms with Crippen LogP contribution in [0.3, 0.4) is 0 Å². The number of benzene rings is 1. The second-order valence-electron chi connectivity index (χ2n) is 8.74. The highest BCUT2D eigenvalue weighted by Crippen LogP contribution is 2.84. The van der Waals surface area contributed by atoms with E-state index < -0.39 is 42.5 Å². The van der Waals surface area contributed by atoms with Crippen LogP contribution in [0.1, 0.15) is 17.2 Å². The number of alkyl halides is 2. The van der Waals surface area contributed by atoms with Gasteiger partial charge in [-0.1, -0.05) is 17.7 Å². The van der Waals surface area contributed by atoms with E-state index in [1.54, 1.807) is 6.07 Å². The highest BCUT2D eigenvalue weighted by molar-refractivity contribution is 5.78. The Morgan fingerprint density at radius 2 is 1.94 bits per heavy atom. The third-order valence-corrected chi connectivity index (χ3v) is 7.32. The first-order valence-electron chi connectivity index (χ1n) is 10.1. The van der Waals surface area contributed by atoms with Crippen LogP contribution in [0.4, 0.5) is 17.6 Å². The van der Waals surface area contributed by atoms with Crippen LogP contribution in [0.5, 0.6) is 0 Å². The molecule has 0 aliphatic heterocycles. The number of amides is 1. The van der Waals surface area contributed by atoms with E-state index in [0.29, 0.717) is 17.5 Å². The summed E-state index contributed by atoms with van der Waals surface area (Å²) in [6.45, 7) is -1.67. The van der Waals surface area contributed by atoms with Crippen molar-refractivity contribution in [2.75, 3.05) is 19.7 Å². The third kappa shape index (κ3) is 2.32. The van der Waals surface area contributed by atoms with Gasteiger partial charge in [0.25, 0.3) is 6.43 Å². The van der Waals surface area contributed by atoms with Gasteiger partial charge in [0.2, 0.25) is 5.91 Å². The zero-order chi connectivity index (χ0) is 21.7. The molecule has 1 amide bonds. The summed E-state index contributed by atoms with van der Waals surface area (Å²) in [5, 5.41) is 17.6. The number of aliphatic hydroxyl groups is 1. The Balaban J connectivity index is 1.43. The third-order valence-electron chi connectivity index (χ3n) is 7.32. The van der Waals surface area contributed by atoms with Crippen LogP contribution >= 0.6 is 0 Å². The Morgan fingerprint density at radius 1 is 1.19 bits per heavy atom. The molecule has 0 radical (unpaired) electrons. The monoisotopic (exact) mass is 431 g/mol. The fourth-order valence-electron chi connectivity index (χ4n) is 6.17. The molecule has 2 aromatic rings. The number of aromatic nitrogens is 2. The normalized spacial score (nSPS) is 30.6. The Morgan fingerprint density at radius 3 is 2.61 bits per heavy atom. The lowest BCUT2D eigenvalue weighted by Gasteiger charge is -2.55. The van der Waals surface area contributed by atoms with E-state index in [9.17, 15) is 27.5 Å². The maximum atomic E-state index is 14.3. The Kier molecular flexibility index (Phi) is 3.74. The summed E-state index contributed by atoms with van der Waals surface area (Å²) in [4.78, 5) is 13.1. The van der Waals surface area contributed by atoms with Gasteiger partial charge in [0.15, 0.2) is 0 Å². The molecule has 6 rings (SSSR count). The highest BCUT2D eigenvalue weighted by Gasteiger charge is 2.80. The highest BCUT2D eigenvalue weighted by atomic mass is 19.3. The van der Waals surface area contributed by atoms with Gasteiger partial charge < -0.3 is 10.0 Å². The predicted octanol–water partition coefficient (Wildman–Crippen LogP) is 2.66. The average molecular weight is 431 g/mol. The summed E-state index contributed by atoms with van der Waals surface area (Å²) in [6.07, 6.45) is -0.745. The van der Waals surface area contributed by atoms with Crippen LogP contribution in [-0.4, -0.2) is 52.2 Å². The van der Waals surface area contributed by atoms with E-state index in [1.807, 2.05) is 6.08 Å². The number of nitrogens with zero attached hydrogens (tertiary/aromatic N) is 3. The number of hydrogen-bond donors (Lipinski definition) is 1. The van der Waals surface area contributed by atoms with Crippen molar-refractivity contribution in [2.24, 2.45) is 17.8 Å². The molecule has 1 aromatic heterocycles. The van der Waals surface area contributed by atoms with Gasteiger partial charge in [0.05, 0.1) is 28.9 Å². The minimum absolute atomic E-state index is 0.0318. The van der Waals surface area contributed by atoms with E-state index in [4.69, 9.17) is 0 Å². The van der Waals surface area contributed by atoms with E-state index in [2.05, 4.69) is 10.2 Å². The number of allylic oxidation sites excluding steroid dienone is 1. The second-order valence-corrected chi connectivity index (χ2v) is 8.74. The van der Waals surface area contributed by atoms with Crippen molar-refractivity contribution in [1.29, 1.82) is 0 Å². The van der Waals surface area contributed by atoms with Crippen molar-refractivity contribution < 1.29 is 27.5 Å². The summed E-state index contributed by atoms with van der Waals surface area (Å²) in [5.41, 5.74) is 1.72. The summed E-state index contributed by atoms with van der Waals surface area (Å²) < 4.78 is 54.7. The minimum Gasteiger partial charge on any atom is -0.387 e. The van der Waals surface area contributed by atoms with Gasteiger partial charge in [-0.25, -0.2) is 17.6 Å². The molecule has 5 unspecified atom stereocenters. The van der Waals surface area contributed by atoms with Crippen LogP contribution < -0.4 is 0 Å². The lowest BCUT2D eigenvalue weighted by Crippen LogP contribution is -2.58. The van der Waals surface area contributed by atoms with E-state index in [1.165, 1.54) is 11.6 Å². The van der Waals surface area contributed by atoms with Crippen LogP contribution in [0.15, 0.2) is 35.9 Å². The first kappa shape index (κ1) is 18.9. The Labute approximate surface area is 174 Å². The number of carbonyl (C=O) groups is 1. The number of halogens is 4. The van der Waals surface area contributed by atoms with Crippen molar-refractivity contribution >= 4 is 5.91 Å². The number of rotatable bonds is 6. The summed E-state index contributed by atoms with van der Waals surface area (Å²) in [7, 11) is 0. The fraction of sp³-hybridized carbons (Fsp3) is 0.409. The topological polar surface area (TPSA) is 66.3 Å². The smallest absolute Gasteiger partial charge is 0.255 e. The van der Waals surface area contributed by atoms with Crippen LogP contribution in [0, 0.1) is 29.4 Å². The van der Waals surface area contributed by atoms with Crippen LogP contribution in [-0.2, 0) is 10.2 Å². The fourth-order valence-corrected chi connectivity index (χ4v) is 6.17. The molecule has 31 heavy (non-hydrogen) atoms. The molecule has 0 saturated heterocycles. The van der Waals surface area contributed by atoms with Crippen LogP contribution in [0.25, 0.3) is 11.3 Å².